The molecule has 5 aromatic heterocycles. The average molecular weight is 594 g/mol. The van der Waals surface area contributed by atoms with E-state index in [1.54, 1.807) is 0 Å². The lowest BCUT2D eigenvalue weighted by Crippen LogP contribution is -2.49. The molecule has 1 aliphatic heterocycles. The Labute approximate surface area is 251 Å². The number of fused-ring (bicyclic) bond motifs is 14. The number of benzene rings is 4. The van der Waals surface area contributed by atoms with Crippen LogP contribution < -0.4 is 10.4 Å². The molecule has 6 heteroatoms. The van der Waals surface area contributed by atoms with Crippen molar-refractivity contribution in [1.82, 2.24) is 4.57 Å². The highest BCUT2D eigenvalue weighted by atomic mass is 32.1. The summed E-state index contributed by atoms with van der Waals surface area (Å²) in [5, 5.41) is 7.59. The van der Waals surface area contributed by atoms with Crippen LogP contribution in [0, 0.1) is 20.8 Å². The number of thiophene rings is 1. The summed E-state index contributed by atoms with van der Waals surface area (Å²) in [6, 6.07) is 26.4. The Kier molecular flexibility index (Phi) is 4.29. The minimum Gasteiger partial charge on any atom is -0.455 e. The van der Waals surface area contributed by atoms with Crippen LogP contribution in [0.2, 0.25) is 13.1 Å². The fraction of sp³-hybridized carbons (Fsp3) is 0.135. The lowest BCUT2D eigenvalue weighted by atomic mass is 10.1. The van der Waals surface area contributed by atoms with E-state index in [1.807, 2.05) is 11.3 Å². The van der Waals surface area contributed by atoms with Crippen LogP contribution in [0.25, 0.3) is 81.5 Å². The molecule has 0 spiro atoms. The third-order valence-corrected chi connectivity index (χ3v) is 14.4. The van der Waals surface area contributed by atoms with Gasteiger partial charge in [0.25, 0.3) is 0 Å². The Bertz CT molecular complexity index is 2670. The summed E-state index contributed by atoms with van der Waals surface area (Å²) in [4.78, 5) is 1.31. The molecule has 0 bridgehead atoms. The highest BCUT2D eigenvalue weighted by Gasteiger charge is 2.45. The Hall–Kier alpha value is -4.52. The Morgan fingerprint density at radius 1 is 0.581 bits per heavy atom. The second-order valence-corrected chi connectivity index (χ2v) is 18.1. The number of nitrogens with zero attached hydrogens (tertiary/aromatic N) is 1. The molecule has 1 aliphatic rings. The average Bonchev–Trinajstić information content (AvgIpc) is 3.78. The van der Waals surface area contributed by atoms with E-state index in [-0.39, 0.29) is 0 Å². The maximum Gasteiger partial charge on any atom is 0.196 e. The van der Waals surface area contributed by atoms with Crippen LogP contribution in [-0.2, 0) is 0 Å². The number of furan rings is 3. The van der Waals surface area contributed by atoms with Gasteiger partial charge in [-0.05, 0) is 90.1 Å². The summed E-state index contributed by atoms with van der Waals surface area (Å²) in [7, 11) is -2.02. The second kappa shape index (κ2) is 7.70. The molecule has 43 heavy (non-hydrogen) atoms. The van der Waals surface area contributed by atoms with E-state index in [1.165, 1.54) is 47.4 Å². The van der Waals surface area contributed by atoms with Gasteiger partial charge in [-0.25, -0.2) is 0 Å². The van der Waals surface area contributed by atoms with Crippen molar-refractivity contribution in [3.05, 3.63) is 89.5 Å². The molecule has 4 aromatic carbocycles. The van der Waals surface area contributed by atoms with Crippen LogP contribution in [0.15, 0.2) is 86.0 Å². The van der Waals surface area contributed by atoms with Crippen molar-refractivity contribution < 1.29 is 13.3 Å². The van der Waals surface area contributed by atoms with Crippen LogP contribution in [-0.4, -0.2) is 12.6 Å². The SMILES string of the molecule is Cc1ccc(-n2c3c4ccc(C)cc4oc3c3oc4cc5c6c(oc5cc4c32)-c2sc3cc(C)ccc3c2[Si]6(C)C)cc1. The van der Waals surface area contributed by atoms with Crippen molar-refractivity contribution in [2.75, 3.05) is 0 Å². The predicted octanol–water partition coefficient (Wildman–Crippen LogP) is 9.97. The van der Waals surface area contributed by atoms with Crippen molar-refractivity contribution >= 4 is 95.0 Å². The molecule has 0 fully saturated rings. The molecule has 0 radical (unpaired) electrons. The van der Waals surface area contributed by atoms with Gasteiger partial charge in [0.1, 0.15) is 41.6 Å². The number of hydrogen-bond donors (Lipinski definition) is 0. The molecule has 0 N–H and O–H groups in total. The number of hydrogen-bond acceptors (Lipinski definition) is 4. The van der Waals surface area contributed by atoms with Crippen molar-refractivity contribution in [1.29, 1.82) is 0 Å². The highest BCUT2D eigenvalue weighted by Crippen LogP contribution is 2.46. The molecule has 0 saturated carbocycles. The first-order chi connectivity index (χ1) is 20.8. The molecule has 0 amide bonds. The molecule has 0 atom stereocenters. The van der Waals surface area contributed by atoms with Gasteiger partial charge in [0.05, 0.1) is 4.88 Å². The van der Waals surface area contributed by atoms with Gasteiger partial charge in [-0.15, -0.1) is 11.3 Å². The molecule has 0 unspecified atom stereocenters. The van der Waals surface area contributed by atoms with E-state index in [0.29, 0.717) is 0 Å². The molecule has 6 heterocycles. The van der Waals surface area contributed by atoms with Crippen molar-refractivity contribution in [2.45, 2.75) is 33.9 Å². The first-order valence-electron chi connectivity index (χ1n) is 14.8. The maximum absolute atomic E-state index is 6.83. The standard InChI is InChI=1S/C37H27NO3SSi/c1-18-6-10-21(11-7-18)38-30-22-12-8-19(2)14-26(22)39-32(30)33-31(38)24-16-28-25(17-27(24)40-33)36-34(41-28)35-37(43(36,4)5)23-13-9-20(3)15-29(23)42-35/h6-17H,1-5H3. The lowest BCUT2D eigenvalue weighted by molar-refractivity contribution is 0.632. The molecule has 4 nitrogen and oxygen atoms in total. The van der Waals surface area contributed by atoms with Gasteiger partial charge in [-0.3, -0.25) is 0 Å². The fourth-order valence-electron chi connectivity index (χ4n) is 7.57. The van der Waals surface area contributed by atoms with Gasteiger partial charge in [0, 0.05) is 26.5 Å². The summed E-state index contributed by atoms with van der Waals surface area (Å²) in [6.45, 7) is 11.3. The van der Waals surface area contributed by atoms with Crippen LogP contribution in [0.1, 0.15) is 16.7 Å². The Morgan fingerprint density at radius 2 is 1.19 bits per heavy atom. The number of rotatable bonds is 1. The molecule has 0 aliphatic carbocycles. The van der Waals surface area contributed by atoms with Crippen molar-refractivity contribution in [2.24, 2.45) is 0 Å². The maximum atomic E-state index is 6.83. The highest BCUT2D eigenvalue weighted by molar-refractivity contribution is 7.27. The van der Waals surface area contributed by atoms with Crippen LogP contribution >= 0.6 is 11.3 Å². The largest absolute Gasteiger partial charge is 0.455 e. The molecular formula is C37H27NO3SSi. The number of aromatic nitrogens is 1. The van der Waals surface area contributed by atoms with E-state index in [2.05, 4.69) is 111 Å². The minimum atomic E-state index is -2.02. The van der Waals surface area contributed by atoms with Crippen LogP contribution in [0.5, 0.6) is 0 Å². The molecule has 208 valence electrons. The second-order valence-electron chi connectivity index (χ2n) is 12.8. The topological polar surface area (TPSA) is 44.4 Å². The molecular weight excluding hydrogens is 567 g/mol. The smallest absolute Gasteiger partial charge is 0.196 e. The third-order valence-electron chi connectivity index (χ3n) is 9.54. The first kappa shape index (κ1) is 24.0. The Morgan fingerprint density at radius 3 is 1.95 bits per heavy atom. The first-order valence-corrected chi connectivity index (χ1v) is 18.6. The fourth-order valence-corrected chi connectivity index (χ4v) is 13.3. The molecule has 0 saturated heterocycles. The molecule has 10 rings (SSSR count). The van der Waals surface area contributed by atoms with E-state index >= 15 is 0 Å². The van der Waals surface area contributed by atoms with Crippen LogP contribution in [0.3, 0.4) is 0 Å². The summed E-state index contributed by atoms with van der Waals surface area (Å²) >= 11 is 1.88. The molecule has 9 aromatic rings. The van der Waals surface area contributed by atoms with E-state index in [4.69, 9.17) is 13.3 Å². The summed E-state index contributed by atoms with van der Waals surface area (Å²) in [5.41, 5.74) is 11.1. The van der Waals surface area contributed by atoms with Crippen molar-refractivity contribution in [3.8, 4) is 16.3 Å². The monoisotopic (exact) mass is 593 g/mol. The van der Waals surface area contributed by atoms with E-state index in [9.17, 15) is 0 Å². The minimum absolute atomic E-state index is 0.778. The zero-order valence-electron chi connectivity index (χ0n) is 24.5. The zero-order valence-corrected chi connectivity index (χ0v) is 26.3. The van der Waals surface area contributed by atoms with Gasteiger partial charge in [-0.2, -0.15) is 0 Å². The van der Waals surface area contributed by atoms with Gasteiger partial charge in [-0.1, -0.05) is 49.0 Å². The van der Waals surface area contributed by atoms with Gasteiger partial charge < -0.3 is 17.8 Å². The quantitative estimate of drug-likeness (QED) is 0.178. The number of aryl methyl sites for hydroxylation is 3. The Balaban J connectivity index is 1.31. The summed E-state index contributed by atoms with van der Waals surface area (Å²) < 4.78 is 23.8. The van der Waals surface area contributed by atoms with E-state index < -0.39 is 8.07 Å². The zero-order chi connectivity index (χ0) is 28.9. The summed E-state index contributed by atoms with van der Waals surface area (Å²) in [6.07, 6.45) is 0. The van der Waals surface area contributed by atoms with E-state index in [0.717, 1.165) is 61.2 Å². The normalized spacial score (nSPS) is 14.3. The third kappa shape index (κ3) is 2.90. The van der Waals surface area contributed by atoms with Gasteiger partial charge in [0.2, 0.25) is 0 Å². The summed E-state index contributed by atoms with van der Waals surface area (Å²) in [5.74, 6) is 1.06. The van der Waals surface area contributed by atoms with Crippen molar-refractivity contribution in [3.63, 3.8) is 0 Å². The predicted molar refractivity (Wildman–Crippen MR) is 182 cm³/mol. The van der Waals surface area contributed by atoms with Gasteiger partial charge in [0.15, 0.2) is 11.2 Å². The lowest BCUT2D eigenvalue weighted by Gasteiger charge is -2.17. The van der Waals surface area contributed by atoms with Crippen LogP contribution in [0.4, 0.5) is 0 Å². The van der Waals surface area contributed by atoms with Gasteiger partial charge >= 0.3 is 0 Å².